The lowest BCUT2D eigenvalue weighted by atomic mass is 10.2. The number of carbonyl (C=O) groups is 2. The minimum absolute atomic E-state index is 0.283. The number of anilines is 2. The molecule has 0 aliphatic heterocycles. The molecule has 27 heavy (non-hydrogen) atoms. The summed E-state index contributed by atoms with van der Waals surface area (Å²) < 4.78 is 5.02. The van der Waals surface area contributed by atoms with Gasteiger partial charge in [-0.15, -0.1) is 0 Å². The fourth-order valence-electron chi connectivity index (χ4n) is 2.74. The first kappa shape index (κ1) is 20.3. The van der Waals surface area contributed by atoms with Crippen molar-refractivity contribution in [1.82, 2.24) is 5.32 Å². The van der Waals surface area contributed by atoms with Crippen molar-refractivity contribution < 1.29 is 14.3 Å². The lowest BCUT2D eigenvalue weighted by molar-refractivity contribution is 0.0527. The molecular weight excluding hydrogens is 342 g/mol. The summed E-state index contributed by atoms with van der Waals surface area (Å²) in [5.74, 6) is -0.454. The Kier molecular flexibility index (Phi) is 7.67. The summed E-state index contributed by atoms with van der Waals surface area (Å²) in [7, 11) is 0. The van der Waals surface area contributed by atoms with Crippen LogP contribution in [0.25, 0.3) is 0 Å². The van der Waals surface area contributed by atoms with E-state index in [1.165, 1.54) is 5.56 Å². The third-order valence-corrected chi connectivity index (χ3v) is 4.09. The predicted molar refractivity (Wildman–Crippen MR) is 108 cm³/mol. The van der Waals surface area contributed by atoms with Gasteiger partial charge in [0.2, 0.25) is 0 Å². The number of benzene rings is 2. The van der Waals surface area contributed by atoms with Crippen LogP contribution in [0, 0.1) is 6.92 Å². The number of para-hydroxylation sites is 1. The number of hydrogen-bond acceptors (Lipinski definition) is 4. The fourth-order valence-corrected chi connectivity index (χ4v) is 2.74. The third kappa shape index (κ3) is 6.02. The quantitative estimate of drug-likeness (QED) is 0.694. The number of nitrogens with one attached hydrogen (secondary N) is 2. The summed E-state index contributed by atoms with van der Waals surface area (Å²) in [4.78, 5) is 26.4. The number of likely N-dealkylation sites (N-methyl/N-ethyl adjacent to an activating group) is 1. The lowest BCUT2D eigenvalue weighted by Crippen LogP contribution is -2.37. The number of rotatable bonds is 8. The zero-order chi connectivity index (χ0) is 19.6. The summed E-state index contributed by atoms with van der Waals surface area (Å²) in [6.07, 6.45) is 0. The van der Waals surface area contributed by atoms with Gasteiger partial charge in [0.25, 0.3) is 0 Å². The van der Waals surface area contributed by atoms with E-state index in [1.54, 1.807) is 31.2 Å². The number of esters is 1. The molecular formula is C21H27N3O3. The topological polar surface area (TPSA) is 70.7 Å². The van der Waals surface area contributed by atoms with Gasteiger partial charge in [-0.3, -0.25) is 0 Å². The number of urea groups is 1. The number of aryl methyl sites for hydroxylation is 1. The van der Waals surface area contributed by atoms with Gasteiger partial charge in [-0.1, -0.05) is 24.3 Å². The molecule has 0 saturated heterocycles. The summed E-state index contributed by atoms with van der Waals surface area (Å²) in [6.45, 7) is 8.18. The Morgan fingerprint density at radius 2 is 1.85 bits per heavy atom. The molecule has 0 aromatic heterocycles. The van der Waals surface area contributed by atoms with Crippen LogP contribution >= 0.6 is 0 Å². The molecule has 2 aromatic carbocycles. The molecule has 0 atom stereocenters. The molecule has 0 fully saturated rings. The van der Waals surface area contributed by atoms with Gasteiger partial charge in [-0.05, 0) is 50.6 Å². The van der Waals surface area contributed by atoms with Crippen LogP contribution in [0.1, 0.15) is 29.8 Å². The Balaban J connectivity index is 1.90. The van der Waals surface area contributed by atoms with E-state index >= 15 is 0 Å². The molecule has 0 aliphatic rings. The van der Waals surface area contributed by atoms with Crippen LogP contribution in [0.2, 0.25) is 0 Å². The molecule has 144 valence electrons. The molecule has 0 bridgehead atoms. The highest BCUT2D eigenvalue weighted by molar-refractivity contribution is 6.00. The first-order chi connectivity index (χ1) is 13.0. The van der Waals surface area contributed by atoms with E-state index in [-0.39, 0.29) is 12.6 Å². The second-order valence-corrected chi connectivity index (χ2v) is 6.07. The average Bonchev–Trinajstić information content (AvgIpc) is 2.66. The molecule has 0 unspecified atom stereocenters. The SMILES string of the molecule is CCOC(=O)c1ccccc1NC(=O)NCCN(CC)c1cccc(C)c1. The summed E-state index contributed by atoms with van der Waals surface area (Å²) in [5, 5.41) is 5.56. The van der Waals surface area contributed by atoms with E-state index < -0.39 is 5.97 Å². The second kappa shape index (κ2) is 10.2. The van der Waals surface area contributed by atoms with Crippen LogP contribution in [0.5, 0.6) is 0 Å². The summed E-state index contributed by atoms with van der Waals surface area (Å²) in [5.41, 5.74) is 3.10. The van der Waals surface area contributed by atoms with Crippen LogP contribution in [-0.2, 0) is 4.74 Å². The Labute approximate surface area is 160 Å². The van der Waals surface area contributed by atoms with E-state index in [0.717, 1.165) is 12.2 Å². The Morgan fingerprint density at radius 3 is 2.56 bits per heavy atom. The Bertz CT molecular complexity index is 777. The average molecular weight is 369 g/mol. The van der Waals surface area contributed by atoms with Crippen LogP contribution in [-0.4, -0.2) is 38.2 Å². The lowest BCUT2D eigenvalue weighted by Gasteiger charge is -2.23. The molecule has 6 heteroatoms. The van der Waals surface area contributed by atoms with Gasteiger partial charge >= 0.3 is 12.0 Å². The first-order valence-corrected chi connectivity index (χ1v) is 9.17. The van der Waals surface area contributed by atoms with Crippen molar-refractivity contribution in [3.05, 3.63) is 59.7 Å². The van der Waals surface area contributed by atoms with Crippen LogP contribution in [0.15, 0.2) is 48.5 Å². The van der Waals surface area contributed by atoms with Crippen molar-refractivity contribution in [1.29, 1.82) is 0 Å². The minimum Gasteiger partial charge on any atom is -0.462 e. The second-order valence-electron chi connectivity index (χ2n) is 6.07. The van der Waals surface area contributed by atoms with Crippen LogP contribution in [0.3, 0.4) is 0 Å². The predicted octanol–water partition coefficient (Wildman–Crippen LogP) is 3.82. The van der Waals surface area contributed by atoms with E-state index in [9.17, 15) is 9.59 Å². The molecule has 2 N–H and O–H groups in total. The van der Waals surface area contributed by atoms with Crippen molar-refractivity contribution in [2.45, 2.75) is 20.8 Å². The zero-order valence-electron chi connectivity index (χ0n) is 16.1. The van der Waals surface area contributed by atoms with Crippen molar-refractivity contribution >= 4 is 23.4 Å². The van der Waals surface area contributed by atoms with Crippen LogP contribution < -0.4 is 15.5 Å². The molecule has 6 nitrogen and oxygen atoms in total. The number of carbonyl (C=O) groups excluding carboxylic acids is 2. The summed E-state index contributed by atoms with van der Waals surface area (Å²) >= 11 is 0. The number of hydrogen-bond donors (Lipinski definition) is 2. The van der Waals surface area contributed by atoms with Crippen molar-refractivity contribution in [3.63, 3.8) is 0 Å². The fraction of sp³-hybridized carbons (Fsp3) is 0.333. The van der Waals surface area contributed by atoms with Gasteiger partial charge in [0, 0.05) is 25.3 Å². The third-order valence-electron chi connectivity index (χ3n) is 4.09. The summed E-state index contributed by atoms with van der Waals surface area (Å²) in [6, 6.07) is 14.7. The minimum atomic E-state index is -0.454. The smallest absolute Gasteiger partial charge is 0.340 e. The molecule has 0 saturated carbocycles. The normalized spacial score (nSPS) is 10.2. The maximum absolute atomic E-state index is 12.2. The highest BCUT2D eigenvalue weighted by atomic mass is 16.5. The van der Waals surface area contributed by atoms with Gasteiger partial charge in [0.15, 0.2) is 0 Å². The Hall–Kier alpha value is -3.02. The van der Waals surface area contributed by atoms with Crippen molar-refractivity contribution in [2.24, 2.45) is 0 Å². The van der Waals surface area contributed by atoms with E-state index in [0.29, 0.717) is 24.3 Å². The van der Waals surface area contributed by atoms with Gasteiger partial charge < -0.3 is 20.3 Å². The highest BCUT2D eigenvalue weighted by Gasteiger charge is 2.14. The first-order valence-electron chi connectivity index (χ1n) is 9.17. The molecule has 2 rings (SSSR count). The maximum Gasteiger partial charge on any atom is 0.340 e. The standard InChI is InChI=1S/C21H27N3O3/c1-4-24(17-10-8-9-16(3)15-17)14-13-22-21(26)23-19-12-7-6-11-18(19)20(25)27-5-2/h6-12,15H,4-5,13-14H2,1-3H3,(H2,22,23,26). The monoisotopic (exact) mass is 369 g/mol. The Morgan fingerprint density at radius 1 is 1.07 bits per heavy atom. The van der Waals surface area contributed by atoms with Crippen molar-refractivity contribution in [2.75, 3.05) is 36.5 Å². The van der Waals surface area contributed by atoms with Crippen molar-refractivity contribution in [3.8, 4) is 0 Å². The highest BCUT2D eigenvalue weighted by Crippen LogP contribution is 2.17. The zero-order valence-corrected chi connectivity index (χ0v) is 16.1. The number of amides is 2. The van der Waals surface area contributed by atoms with Gasteiger partial charge in [-0.25, -0.2) is 9.59 Å². The molecule has 2 aromatic rings. The number of ether oxygens (including phenoxy) is 1. The van der Waals surface area contributed by atoms with E-state index in [2.05, 4.69) is 47.6 Å². The van der Waals surface area contributed by atoms with Gasteiger partial charge in [-0.2, -0.15) is 0 Å². The van der Waals surface area contributed by atoms with Gasteiger partial charge in [0.1, 0.15) is 0 Å². The largest absolute Gasteiger partial charge is 0.462 e. The molecule has 0 spiro atoms. The molecule has 0 heterocycles. The number of nitrogens with zero attached hydrogens (tertiary/aromatic N) is 1. The maximum atomic E-state index is 12.2. The molecule has 2 amide bonds. The molecule has 0 aliphatic carbocycles. The van der Waals surface area contributed by atoms with Crippen LogP contribution in [0.4, 0.5) is 16.2 Å². The van der Waals surface area contributed by atoms with E-state index in [4.69, 9.17) is 4.74 Å². The van der Waals surface area contributed by atoms with E-state index in [1.807, 2.05) is 6.07 Å². The van der Waals surface area contributed by atoms with Gasteiger partial charge in [0.05, 0.1) is 17.9 Å². The molecule has 0 radical (unpaired) electrons.